The van der Waals surface area contributed by atoms with Gasteiger partial charge in [0.25, 0.3) is 0 Å². The lowest BCUT2D eigenvalue weighted by Gasteiger charge is -2.09. The van der Waals surface area contributed by atoms with Crippen LogP contribution in [0.4, 0.5) is 0 Å². The predicted molar refractivity (Wildman–Crippen MR) is 84.6 cm³/mol. The molecule has 1 rings (SSSR count). The highest BCUT2D eigenvalue weighted by Gasteiger charge is 2.06. The van der Waals surface area contributed by atoms with Gasteiger partial charge in [0.2, 0.25) is 0 Å². The highest BCUT2D eigenvalue weighted by Crippen LogP contribution is 2.19. The van der Waals surface area contributed by atoms with E-state index in [2.05, 4.69) is 6.92 Å². The molecule has 0 spiro atoms. The van der Waals surface area contributed by atoms with Crippen molar-refractivity contribution in [2.75, 3.05) is 6.61 Å². The molecule has 0 atom stereocenters. The van der Waals surface area contributed by atoms with E-state index >= 15 is 0 Å². The van der Waals surface area contributed by atoms with Gasteiger partial charge in [-0.2, -0.15) is 0 Å². The maximum Gasteiger partial charge on any atom is 0.163 e. The third-order valence-electron chi connectivity index (χ3n) is 3.52. The molecule has 112 valence electrons. The van der Waals surface area contributed by atoms with Gasteiger partial charge in [0.15, 0.2) is 5.78 Å². The van der Waals surface area contributed by atoms with E-state index in [1.54, 1.807) is 6.92 Å². The number of unbranched alkanes of at least 4 members (excludes halogenated alkanes) is 7. The largest absolute Gasteiger partial charge is 0.493 e. The number of hydrogen-bond donors (Lipinski definition) is 0. The van der Waals surface area contributed by atoms with Gasteiger partial charge in [-0.25, -0.2) is 0 Å². The topological polar surface area (TPSA) is 26.3 Å². The molecule has 0 heterocycles. The molecular weight excluding hydrogens is 248 g/mol. The molecule has 0 unspecified atom stereocenters. The van der Waals surface area contributed by atoms with Crippen LogP contribution in [0.5, 0.6) is 5.75 Å². The molecule has 0 saturated carbocycles. The maximum absolute atomic E-state index is 11.4. The van der Waals surface area contributed by atoms with E-state index in [-0.39, 0.29) is 5.78 Å². The fraction of sp³-hybridized carbons (Fsp3) is 0.611. The van der Waals surface area contributed by atoms with Crippen LogP contribution in [0.1, 0.15) is 75.6 Å². The molecule has 0 amide bonds. The fourth-order valence-corrected chi connectivity index (χ4v) is 2.30. The number of para-hydroxylation sites is 1. The zero-order chi connectivity index (χ0) is 14.6. The SMILES string of the molecule is CCCCCCCCCCOc1ccccc1C(C)=O. The lowest BCUT2D eigenvalue weighted by atomic mass is 10.1. The molecule has 0 aliphatic carbocycles. The van der Waals surface area contributed by atoms with E-state index < -0.39 is 0 Å². The zero-order valence-electron chi connectivity index (χ0n) is 13.0. The molecule has 2 nitrogen and oxygen atoms in total. The molecule has 0 radical (unpaired) electrons. The van der Waals surface area contributed by atoms with E-state index in [0.29, 0.717) is 12.2 Å². The Morgan fingerprint density at radius 1 is 0.950 bits per heavy atom. The Bertz CT molecular complexity index is 385. The quantitative estimate of drug-likeness (QED) is 0.399. The molecule has 0 saturated heterocycles. The maximum atomic E-state index is 11.4. The molecule has 1 aromatic carbocycles. The van der Waals surface area contributed by atoms with Crippen LogP contribution in [-0.4, -0.2) is 12.4 Å². The summed E-state index contributed by atoms with van der Waals surface area (Å²) in [4.78, 5) is 11.4. The molecule has 0 aliphatic rings. The van der Waals surface area contributed by atoms with Crippen LogP contribution in [0.25, 0.3) is 0 Å². The van der Waals surface area contributed by atoms with Crippen LogP contribution in [0.3, 0.4) is 0 Å². The molecular formula is C18H28O2. The second-order valence-corrected chi connectivity index (χ2v) is 5.38. The number of ether oxygens (including phenoxy) is 1. The lowest BCUT2D eigenvalue weighted by molar-refractivity contribution is 0.101. The first-order chi connectivity index (χ1) is 9.75. The van der Waals surface area contributed by atoms with Crippen molar-refractivity contribution in [3.63, 3.8) is 0 Å². The average Bonchev–Trinajstić information content (AvgIpc) is 2.46. The summed E-state index contributed by atoms with van der Waals surface area (Å²) in [5, 5.41) is 0. The van der Waals surface area contributed by atoms with Crippen molar-refractivity contribution in [3.8, 4) is 5.75 Å². The van der Waals surface area contributed by atoms with Crippen LogP contribution >= 0.6 is 0 Å². The number of carbonyl (C=O) groups excluding carboxylic acids is 1. The number of Topliss-reactive ketones (excluding diaryl/α,β-unsaturated/α-hetero) is 1. The second kappa shape index (κ2) is 10.5. The first-order valence-corrected chi connectivity index (χ1v) is 7.98. The van der Waals surface area contributed by atoms with Gasteiger partial charge in [0, 0.05) is 0 Å². The van der Waals surface area contributed by atoms with Gasteiger partial charge in [-0.05, 0) is 25.5 Å². The van der Waals surface area contributed by atoms with E-state index in [9.17, 15) is 4.79 Å². The van der Waals surface area contributed by atoms with Crippen LogP contribution in [-0.2, 0) is 0 Å². The summed E-state index contributed by atoms with van der Waals surface area (Å²) in [5.74, 6) is 0.791. The van der Waals surface area contributed by atoms with Crippen molar-refractivity contribution in [3.05, 3.63) is 29.8 Å². The summed E-state index contributed by atoms with van der Waals surface area (Å²) in [6, 6.07) is 7.49. The summed E-state index contributed by atoms with van der Waals surface area (Å²) in [7, 11) is 0. The normalized spacial score (nSPS) is 10.5. The Hall–Kier alpha value is -1.31. The highest BCUT2D eigenvalue weighted by molar-refractivity contribution is 5.96. The zero-order valence-corrected chi connectivity index (χ0v) is 13.0. The van der Waals surface area contributed by atoms with E-state index in [4.69, 9.17) is 4.74 Å². The molecule has 0 fully saturated rings. The van der Waals surface area contributed by atoms with Gasteiger partial charge < -0.3 is 4.74 Å². The number of carbonyl (C=O) groups is 1. The van der Waals surface area contributed by atoms with Crippen molar-refractivity contribution in [1.29, 1.82) is 0 Å². The Balaban J connectivity index is 2.11. The Labute approximate surface area is 123 Å². The molecule has 0 N–H and O–H groups in total. The van der Waals surface area contributed by atoms with Crippen LogP contribution < -0.4 is 4.74 Å². The standard InChI is InChI=1S/C18H28O2/c1-3-4-5-6-7-8-9-12-15-20-18-14-11-10-13-17(18)16(2)19/h10-11,13-14H,3-9,12,15H2,1-2H3. The monoisotopic (exact) mass is 276 g/mol. The predicted octanol–water partition coefficient (Wildman–Crippen LogP) is 5.41. The number of hydrogen-bond acceptors (Lipinski definition) is 2. The summed E-state index contributed by atoms with van der Waals surface area (Å²) in [5.41, 5.74) is 0.687. The lowest BCUT2D eigenvalue weighted by Crippen LogP contribution is -2.02. The van der Waals surface area contributed by atoms with Gasteiger partial charge >= 0.3 is 0 Å². The minimum absolute atomic E-state index is 0.0662. The summed E-state index contributed by atoms with van der Waals surface area (Å²) in [6.07, 6.45) is 10.3. The molecule has 20 heavy (non-hydrogen) atoms. The first-order valence-electron chi connectivity index (χ1n) is 7.98. The van der Waals surface area contributed by atoms with Crippen LogP contribution in [0.2, 0.25) is 0 Å². The van der Waals surface area contributed by atoms with E-state index in [0.717, 1.165) is 12.2 Å². The Morgan fingerprint density at radius 3 is 2.20 bits per heavy atom. The summed E-state index contributed by atoms with van der Waals surface area (Å²) in [6.45, 7) is 4.54. The van der Waals surface area contributed by atoms with Gasteiger partial charge in [-0.1, -0.05) is 64.0 Å². The van der Waals surface area contributed by atoms with Gasteiger partial charge in [-0.3, -0.25) is 4.79 Å². The van der Waals surface area contributed by atoms with E-state index in [1.807, 2.05) is 24.3 Å². The Kier molecular flexibility index (Phi) is 8.77. The minimum Gasteiger partial charge on any atom is -0.493 e. The highest BCUT2D eigenvalue weighted by atomic mass is 16.5. The number of benzene rings is 1. The summed E-state index contributed by atoms with van der Waals surface area (Å²) < 4.78 is 5.72. The van der Waals surface area contributed by atoms with Gasteiger partial charge in [0.05, 0.1) is 12.2 Å². The molecule has 2 heteroatoms. The van der Waals surface area contributed by atoms with Gasteiger partial charge in [-0.15, -0.1) is 0 Å². The number of rotatable bonds is 11. The van der Waals surface area contributed by atoms with Crippen molar-refractivity contribution in [1.82, 2.24) is 0 Å². The van der Waals surface area contributed by atoms with Crippen molar-refractivity contribution < 1.29 is 9.53 Å². The third-order valence-corrected chi connectivity index (χ3v) is 3.52. The molecule has 0 bridgehead atoms. The second-order valence-electron chi connectivity index (χ2n) is 5.38. The number of ketones is 1. The molecule has 0 aromatic heterocycles. The van der Waals surface area contributed by atoms with Crippen molar-refractivity contribution in [2.24, 2.45) is 0 Å². The van der Waals surface area contributed by atoms with Crippen molar-refractivity contribution in [2.45, 2.75) is 65.2 Å². The van der Waals surface area contributed by atoms with Gasteiger partial charge in [0.1, 0.15) is 5.75 Å². The average molecular weight is 276 g/mol. The van der Waals surface area contributed by atoms with Crippen LogP contribution in [0.15, 0.2) is 24.3 Å². The smallest absolute Gasteiger partial charge is 0.163 e. The summed E-state index contributed by atoms with van der Waals surface area (Å²) >= 11 is 0. The fourth-order valence-electron chi connectivity index (χ4n) is 2.30. The molecule has 1 aromatic rings. The minimum atomic E-state index is 0.0662. The van der Waals surface area contributed by atoms with Crippen molar-refractivity contribution >= 4 is 5.78 Å². The molecule has 0 aliphatic heterocycles. The van der Waals surface area contributed by atoms with E-state index in [1.165, 1.54) is 44.9 Å². The third kappa shape index (κ3) is 6.74. The first kappa shape index (κ1) is 16.7. The van der Waals surface area contributed by atoms with Crippen LogP contribution in [0, 0.1) is 0 Å². The Morgan fingerprint density at radius 2 is 1.55 bits per heavy atom.